The van der Waals surface area contributed by atoms with Gasteiger partial charge >= 0.3 is 0 Å². The summed E-state index contributed by atoms with van der Waals surface area (Å²) < 4.78 is 7.72. The molecule has 2 aromatic heterocycles. The molecule has 3 atom stereocenters. The van der Waals surface area contributed by atoms with Crippen LogP contribution in [0.5, 0.6) is 0 Å². The molecule has 0 saturated carbocycles. The molecule has 1 N–H and O–H groups in total. The molecule has 0 unspecified atom stereocenters. The summed E-state index contributed by atoms with van der Waals surface area (Å²) in [5.74, 6) is 1.42. The Morgan fingerprint density at radius 2 is 2.43 bits per heavy atom. The van der Waals surface area contributed by atoms with Crippen LogP contribution in [-0.2, 0) is 18.3 Å². The maximum atomic E-state index is 12.3. The summed E-state index contributed by atoms with van der Waals surface area (Å²) >= 11 is 1.54. The third-order valence-corrected chi connectivity index (χ3v) is 5.56. The first-order chi connectivity index (χ1) is 11.2. The molecule has 0 spiro atoms. The number of hydrogen-bond acceptors (Lipinski definition) is 5. The first-order valence-electron chi connectivity index (χ1n) is 7.83. The predicted molar refractivity (Wildman–Crippen MR) is 87.3 cm³/mol. The van der Waals surface area contributed by atoms with E-state index in [4.69, 9.17) is 4.74 Å². The maximum absolute atomic E-state index is 12.3. The monoisotopic (exact) mass is 332 g/mol. The number of likely N-dealkylation sites (tertiary alicyclic amines) is 1. The fourth-order valence-corrected chi connectivity index (χ4v) is 4.19. The standard InChI is InChI=1S/C16H20N4O2S/c1-19-4-3-17-15(19)7-20-6-13(12-8-22-9-14(12)20)18-16(21)11-2-5-23-10-11/h2-5,10,12-14H,6-9H2,1H3,(H,18,21)/t12-,13-,14-/m1/s1. The normalized spacial score (nSPS) is 27.3. The number of aryl methyl sites for hydroxylation is 1. The second-order valence-electron chi connectivity index (χ2n) is 6.24. The number of nitrogens with zero attached hydrogens (tertiary/aromatic N) is 3. The summed E-state index contributed by atoms with van der Waals surface area (Å²) in [7, 11) is 2.01. The highest BCUT2D eigenvalue weighted by atomic mass is 32.1. The van der Waals surface area contributed by atoms with Crippen LogP contribution in [0, 0.1) is 5.92 Å². The van der Waals surface area contributed by atoms with Gasteiger partial charge in [0.1, 0.15) is 5.82 Å². The van der Waals surface area contributed by atoms with E-state index in [0.29, 0.717) is 12.0 Å². The predicted octanol–water partition coefficient (Wildman–Crippen LogP) is 1.11. The molecule has 2 fully saturated rings. The van der Waals surface area contributed by atoms with E-state index in [1.807, 2.05) is 40.8 Å². The van der Waals surface area contributed by atoms with E-state index in [1.165, 1.54) is 0 Å². The smallest absolute Gasteiger partial charge is 0.252 e. The van der Waals surface area contributed by atoms with Crippen molar-refractivity contribution in [1.82, 2.24) is 19.8 Å². The quantitative estimate of drug-likeness (QED) is 0.911. The van der Waals surface area contributed by atoms with Crippen molar-refractivity contribution >= 4 is 17.2 Å². The zero-order valence-electron chi connectivity index (χ0n) is 13.0. The second kappa shape index (κ2) is 6.07. The van der Waals surface area contributed by atoms with Gasteiger partial charge in [0, 0.05) is 54.9 Å². The Labute approximate surface area is 139 Å². The van der Waals surface area contributed by atoms with Crippen molar-refractivity contribution in [2.24, 2.45) is 13.0 Å². The van der Waals surface area contributed by atoms with Crippen LogP contribution in [0.1, 0.15) is 16.2 Å². The number of fused-ring (bicyclic) bond motifs is 1. The Kier molecular flexibility index (Phi) is 3.92. The summed E-state index contributed by atoms with van der Waals surface area (Å²) in [6.07, 6.45) is 3.79. The van der Waals surface area contributed by atoms with E-state index in [-0.39, 0.29) is 11.9 Å². The second-order valence-corrected chi connectivity index (χ2v) is 7.02. The zero-order valence-corrected chi connectivity index (χ0v) is 13.8. The third kappa shape index (κ3) is 2.80. The molecule has 0 aliphatic carbocycles. The van der Waals surface area contributed by atoms with E-state index in [1.54, 1.807) is 11.3 Å². The fourth-order valence-electron chi connectivity index (χ4n) is 3.55. The molecule has 122 valence electrons. The number of aromatic nitrogens is 2. The van der Waals surface area contributed by atoms with Crippen molar-refractivity contribution in [3.63, 3.8) is 0 Å². The highest BCUT2D eigenvalue weighted by Gasteiger charge is 2.46. The van der Waals surface area contributed by atoms with Gasteiger partial charge in [-0.05, 0) is 11.4 Å². The van der Waals surface area contributed by atoms with Gasteiger partial charge in [-0.2, -0.15) is 11.3 Å². The Morgan fingerprint density at radius 1 is 1.52 bits per heavy atom. The average molecular weight is 332 g/mol. The molecule has 2 aromatic rings. The van der Waals surface area contributed by atoms with Gasteiger partial charge in [-0.1, -0.05) is 0 Å². The number of imidazole rings is 1. The molecule has 1 amide bonds. The topological polar surface area (TPSA) is 59.4 Å². The minimum Gasteiger partial charge on any atom is -0.379 e. The summed E-state index contributed by atoms with van der Waals surface area (Å²) in [5.41, 5.74) is 0.744. The van der Waals surface area contributed by atoms with Crippen LogP contribution in [0.4, 0.5) is 0 Å². The van der Waals surface area contributed by atoms with E-state index >= 15 is 0 Å². The van der Waals surface area contributed by atoms with Crippen LogP contribution in [0.3, 0.4) is 0 Å². The SMILES string of the molecule is Cn1ccnc1CN1C[C@@H](NC(=O)c2ccsc2)[C@H]2COC[C@H]21. The number of amides is 1. The molecule has 0 aromatic carbocycles. The maximum Gasteiger partial charge on any atom is 0.252 e. The summed E-state index contributed by atoms with van der Waals surface area (Å²) in [6, 6.07) is 2.36. The van der Waals surface area contributed by atoms with Crippen molar-refractivity contribution < 1.29 is 9.53 Å². The van der Waals surface area contributed by atoms with Gasteiger partial charge in [-0.15, -0.1) is 0 Å². The first kappa shape index (κ1) is 14.9. The molecule has 6 nitrogen and oxygen atoms in total. The van der Waals surface area contributed by atoms with Gasteiger partial charge in [0.25, 0.3) is 5.91 Å². The van der Waals surface area contributed by atoms with Gasteiger partial charge in [0.2, 0.25) is 0 Å². The number of ether oxygens (including phenoxy) is 1. The molecular weight excluding hydrogens is 312 g/mol. The summed E-state index contributed by atoms with van der Waals surface area (Å²) in [6.45, 7) is 3.09. The van der Waals surface area contributed by atoms with Crippen molar-refractivity contribution in [2.75, 3.05) is 19.8 Å². The number of rotatable bonds is 4. The minimum absolute atomic E-state index is 0.0146. The lowest BCUT2D eigenvalue weighted by Crippen LogP contribution is -2.41. The molecule has 23 heavy (non-hydrogen) atoms. The van der Waals surface area contributed by atoms with E-state index in [2.05, 4.69) is 15.2 Å². The van der Waals surface area contributed by atoms with Gasteiger partial charge in [-0.25, -0.2) is 4.98 Å². The highest BCUT2D eigenvalue weighted by molar-refractivity contribution is 7.08. The fraction of sp³-hybridized carbons (Fsp3) is 0.500. The number of carbonyl (C=O) groups excluding carboxylic acids is 1. The van der Waals surface area contributed by atoms with Crippen LogP contribution < -0.4 is 5.32 Å². The largest absolute Gasteiger partial charge is 0.379 e. The number of thiophene rings is 1. The summed E-state index contributed by atoms with van der Waals surface area (Å²) in [5, 5.41) is 7.01. The molecule has 2 aliphatic rings. The van der Waals surface area contributed by atoms with Crippen LogP contribution in [0.2, 0.25) is 0 Å². The lowest BCUT2D eigenvalue weighted by Gasteiger charge is -2.21. The highest BCUT2D eigenvalue weighted by Crippen LogP contribution is 2.31. The van der Waals surface area contributed by atoms with E-state index < -0.39 is 0 Å². The van der Waals surface area contributed by atoms with Crippen LogP contribution >= 0.6 is 11.3 Å². The third-order valence-electron chi connectivity index (χ3n) is 4.88. The lowest BCUT2D eigenvalue weighted by atomic mass is 9.99. The van der Waals surface area contributed by atoms with Crippen molar-refractivity contribution in [3.8, 4) is 0 Å². The molecule has 2 saturated heterocycles. The van der Waals surface area contributed by atoms with E-state index in [9.17, 15) is 4.79 Å². The molecule has 0 radical (unpaired) electrons. The van der Waals surface area contributed by atoms with Gasteiger partial charge in [0.05, 0.1) is 19.8 Å². The number of hydrogen-bond donors (Lipinski definition) is 1. The van der Waals surface area contributed by atoms with Gasteiger partial charge in [-0.3, -0.25) is 9.69 Å². The van der Waals surface area contributed by atoms with Crippen molar-refractivity contribution in [1.29, 1.82) is 0 Å². The Bertz CT molecular complexity index is 684. The minimum atomic E-state index is 0.0146. The molecule has 7 heteroatoms. The van der Waals surface area contributed by atoms with Crippen LogP contribution in [0.25, 0.3) is 0 Å². The molecule has 2 aliphatic heterocycles. The van der Waals surface area contributed by atoms with Crippen molar-refractivity contribution in [2.45, 2.75) is 18.6 Å². The van der Waals surface area contributed by atoms with Crippen LogP contribution in [0.15, 0.2) is 29.2 Å². The van der Waals surface area contributed by atoms with Crippen molar-refractivity contribution in [3.05, 3.63) is 40.6 Å². The number of carbonyl (C=O) groups is 1. The van der Waals surface area contributed by atoms with Gasteiger partial charge in [0.15, 0.2) is 0 Å². The Balaban J connectivity index is 1.47. The molecular formula is C16H20N4O2S. The zero-order chi connectivity index (χ0) is 15.8. The Morgan fingerprint density at radius 3 is 3.17 bits per heavy atom. The Hall–Kier alpha value is -1.70. The first-order valence-corrected chi connectivity index (χ1v) is 8.77. The summed E-state index contributed by atoms with van der Waals surface area (Å²) in [4.78, 5) is 19.1. The molecule has 0 bridgehead atoms. The lowest BCUT2D eigenvalue weighted by molar-refractivity contribution is 0.0915. The number of nitrogens with one attached hydrogen (secondary N) is 1. The molecule has 4 rings (SSSR count). The van der Waals surface area contributed by atoms with E-state index in [0.717, 1.165) is 37.7 Å². The van der Waals surface area contributed by atoms with Crippen LogP contribution in [-0.4, -0.2) is 52.2 Å². The van der Waals surface area contributed by atoms with Gasteiger partial charge < -0.3 is 14.6 Å². The molecule has 4 heterocycles. The average Bonchev–Trinajstić information content (AvgIpc) is 3.29.